The lowest BCUT2D eigenvalue weighted by Gasteiger charge is -2.18. The number of carbonyl (C=O) groups excluding carboxylic acids is 3. The minimum absolute atomic E-state index is 0.0648. The molecule has 0 aliphatic heterocycles. The van der Waals surface area contributed by atoms with Crippen molar-refractivity contribution in [3.63, 3.8) is 0 Å². The van der Waals surface area contributed by atoms with Crippen molar-refractivity contribution in [1.82, 2.24) is 0 Å². The number of carbonyl (C=O) groups is 3. The Kier molecular flexibility index (Phi) is 42.7. The Morgan fingerprint density at radius 2 is 0.614 bits per heavy atom. The van der Waals surface area contributed by atoms with Crippen LogP contribution in [0.2, 0.25) is 0 Å². The molecule has 0 aromatic heterocycles. The van der Waals surface area contributed by atoms with Gasteiger partial charge in [-0.15, -0.1) is 0 Å². The molecule has 0 rings (SSSR count). The third-order valence-electron chi connectivity index (χ3n) is 12.2. The Bertz CT molecular complexity index is 874. The molecule has 0 aromatic carbocycles. The fourth-order valence-corrected chi connectivity index (χ4v) is 7.57. The summed E-state index contributed by atoms with van der Waals surface area (Å²) in [7, 11) is 0. The molecular weight excluding hydrogens is 709 g/mol. The fraction of sp³-hybridized carbons (Fsp3) is 0.941. The van der Waals surface area contributed by atoms with E-state index in [0.717, 1.165) is 69.6 Å². The van der Waals surface area contributed by atoms with Gasteiger partial charge in [-0.3, -0.25) is 14.4 Å². The van der Waals surface area contributed by atoms with E-state index < -0.39 is 6.10 Å². The Balaban J connectivity index is 4.25. The van der Waals surface area contributed by atoms with Crippen molar-refractivity contribution in [2.45, 2.75) is 285 Å². The number of rotatable bonds is 45. The van der Waals surface area contributed by atoms with Crippen molar-refractivity contribution in [3.8, 4) is 0 Å². The summed E-state index contributed by atoms with van der Waals surface area (Å²) in [6.07, 6.45) is 43.7. The van der Waals surface area contributed by atoms with Crippen molar-refractivity contribution in [2.24, 2.45) is 11.8 Å². The Morgan fingerprint density at radius 3 is 0.912 bits per heavy atom. The van der Waals surface area contributed by atoms with Gasteiger partial charge in [0, 0.05) is 19.3 Å². The Morgan fingerprint density at radius 1 is 0.351 bits per heavy atom. The maximum Gasteiger partial charge on any atom is 0.306 e. The molecule has 3 atom stereocenters. The molecule has 0 saturated carbocycles. The largest absolute Gasteiger partial charge is 0.462 e. The zero-order valence-electron chi connectivity index (χ0n) is 39.0. The van der Waals surface area contributed by atoms with E-state index in [-0.39, 0.29) is 31.1 Å². The summed E-state index contributed by atoms with van der Waals surface area (Å²) in [6, 6.07) is 0. The highest BCUT2D eigenvalue weighted by Gasteiger charge is 2.19. The molecule has 0 amide bonds. The Labute approximate surface area is 355 Å². The van der Waals surface area contributed by atoms with Crippen LogP contribution in [-0.4, -0.2) is 37.2 Å². The van der Waals surface area contributed by atoms with Gasteiger partial charge in [0.2, 0.25) is 0 Å². The Hall–Kier alpha value is -1.59. The molecule has 0 saturated heterocycles. The number of hydrogen-bond donors (Lipinski definition) is 0. The number of ether oxygens (including phenoxy) is 3. The zero-order chi connectivity index (χ0) is 41.9. The van der Waals surface area contributed by atoms with Crippen LogP contribution in [0.1, 0.15) is 279 Å². The van der Waals surface area contributed by atoms with E-state index in [4.69, 9.17) is 14.2 Å². The third kappa shape index (κ3) is 42.3. The highest BCUT2D eigenvalue weighted by Crippen LogP contribution is 2.18. The van der Waals surface area contributed by atoms with Crippen LogP contribution >= 0.6 is 0 Å². The van der Waals surface area contributed by atoms with E-state index in [1.165, 1.54) is 167 Å². The lowest BCUT2D eigenvalue weighted by molar-refractivity contribution is -0.167. The van der Waals surface area contributed by atoms with Gasteiger partial charge in [-0.05, 0) is 31.1 Å². The van der Waals surface area contributed by atoms with Crippen molar-refractivity contribution in [2.75, 3.05) is 13.2 Å². The van der Waals surface area contributed by atoms with Crippen molar-refractivity contribution in [3.05, 3.63) is 0 Å². The number of hydrogen-bond acceptors (Lipinski definition) is 6. The average Bonchev–Trinajstić information content (AvgIpc) is 3.21. The maximum atomic E-state index is 12.7. The molecule has 0 N–H and O–H groups in total. The highest BCUT2D eigenvalue weighted by atomic mass is 16.6. The van der Waals surface area contributed by atoms with Crippen molar-refractivity contribution < 1.29 is 28.6 Å². The molecule has 0 heterocycles. The average molecular weight is 807 g/mol. The molecule has 338 valence electrons. The van der Waals surface area contributed by atoms with Crippen LogP contribution in [0.3, 0.4) is 0 Å². The normalized spacial score (nSPS) is 13.0. The first-order valence-corrected chi connectivity index (χ1v) is 25.3. The predicted octanol–water partition coefficient (Wildman–Crippen LogP) is 16.1. The molecule has 0 bridgehead atoms. The van der Waals surface area contributed by atoms with Gasteiger partial charge in [0.05, 0.1) is 0 Å². The van der Waals surface area contributed by atoms with Crippen molar-refractivity contribution in [1.29, 1.82) is 0 Å². The lowest BCUT2D eigenvalue weighted by atomic mass is 9.99. The second-order valence-corrected chi connectivity index (χ2v) is 17.9. The first-order valence-electron chi connectivity index (χ1n) is 25.3. The van der Waals surface area contributed by atoms with E-state index in [0.29, 0.717) is 19.3 Å². The van der Waals surface area contributed by atoms with Gasteiger partial charge in [-0.2, -0.15) is 0 Å². The minimum Gasteiger partial charge on any atom is -0.462 e. The summed E-state index contributed by atoms with van der Waals surface area (Å²) in [5.41, 5.74) is 0. The summed E-state index contributed by atoms with van der Waals surface area (Å²) in [4.78, 5) is 37.8. The molecule has 2 unspecified atom stereocenters. The monoisotopic (exact) mass is 807 g/mol. The van der Waals surface area contributed by atoms with Gasteiger partial charge < -0.3 is 14.2 Å². The predicted molar refractivity (Wildman–Crippen MR) is 243 cm³/mol. The maximum absolute atomic E-state index is 12.7. The zero-order valence-corrected chi connectivity index (χ0v) is 39.0. The molecular formula is C51H98O6. The van der Waals surface area contributed by atoms with E-state index in [1.807, 2.05) is 0 Å². The molecule has 6 heteroatoms. The van der Waals surface area contributed by atoms with Crippen LogP contribution in [-0.2, 0) is 28.6 Å². The lowest BCUT2D eigenvalue weighted by Crippen LogP contribution is -2.30. The molecule has 0 aliphatic rings. The number of unbranched alkanes of at least 4 members (excludes halogenated alkanes) is 28. The molecule has 0 spiro atoms. The molecule has 6 nitrogen and oxygen atoms in total. The first kappa shape index (κ1) is 55.4. The highest BCUT2D eigenvalue weighted by molar-refractivity contribution is 5.71. The van der Waals surface area contributed by atoms with Gasteiger partial charge in [0.1, 0.15) is 13.2 Å². The van der Waals surface area contributed by atoms with Crippen LogP contribution in [0.15, 0.2) is 0 Å². The van der Waals surface area contributed by atoms with Gasteiger partial charge in [0.15, 0.2) is 6.10 Å². The van der Waals surface area contributed by atoms with Gasteiger partial charge in [-0.25, -0.2) is 0 Å². The molecule has 0 fully saturated rings. The molecule has 0 aromatic rings. The minimum atomic E-state index is -0.761. The van der Waals surface area contributed by atoms with Gasteiger partial charge in [0.25, 0.3) is 0 Å². The quantitative estimate of drug-likeness (QED) is 0.0346. The van der Waals surface area contributed by atoms with Crippen LogP contribution in [0.25, 0.3) is 0 Å². The van der Waals surface area contributed by atoms with Crippen LogP contribution in [0.5, 0.6) is 0 Å². The van der Waals surface area contributed by atoms with E-state index in [2.05, 4.69) is 34.6 Å². The van der Waals surface area contributed by atoms with Gasteiger partial charge >= 0.3 is 17.9 Å². The first-order chi connectivity index (χ1) is 27.8. The van der Waals surface area contributed by atoms with E-state index >= 15 is 0 Å². The third-order valence-corrected chi connectivity index (χ3v) is 12.2. The number of esters is 3. The molecule has 57 heavy (non-hydrogen) atoms. The van der Waals surface area contributed by atoms with E-state index in [1.54, 1.807) is 0 Å². The smallest absolute Gasteiger partial charge is 0.306 e. The van der Waals surface area contributed by atoms with E-state index in [9.17, 15) is 14.4 Å². The molecule has 0 aliphatic carbocycles. The summed E-state index contributed by atoms with van der Waals surface area (Å²) in [5, 5.41) is 0. The summed E-state index contributed by atoms with van der Waals surface area (Å²) >= 11 is 0. The SMILES string of the molecule is CCCCCCCCCCCCCC(=O)OC[C@@H](COC(=O)CCCCCCCCCCCCCCCCC(C)CC)OC(=O)CCCCCCCCC(C)CC. The fourth-order valence-electron chi connectivity index (χ4n) is 7.57. The topological polar surface area (TPSA) is 78.9 Å². The second kappa shape index (κ2) is 44.0. The van der Waals surface area contributed by atoms with Gasteiger partial charge in [-0.1, -0.05) is 240 Å². The van der Waals surface area contributed by atoms with Crippen LogP contribution in [0, 0.1) is 11.8 Å². The van der Waals surface area contributed by atoms with Crippen LogP contribution in [0.4, 0.5) is 0 Å². The standard InChI is InChI=1S/C51H98O6/c1-6-9-10-11-12-13-18-22-25-31-36-41-49(52)55-44-48(57-51(54)43-38-33-28-27-30-35-40-47(5)8-3)45-56-50(53)42-37-32-26-23-20-17-15-14-16-19-21-24-29-34-39-46(4)7-2/h46-48H,6-45H2,1-5H3/t46?,47?,48-/m0/s1. The summed E-state index contributed by atoms with van der Waals surface area (Å²) in [6.45, 7) is 11.4. The second-order valence-electron chi connectivity index (χ2n) is 17.9. The summed E-state index contributed by atoms with van der Waals surface area (Å²) in [5.74, 6) is 0.852. The summed E-state index contributed by atoms with van der Waals surface area (Å²) < 4.78 is 16.8. The van der Waals surface area contributed by atoms with Crippen LogP contribution < -0.4 is 0 Å². The molecule has 0 radical (unpaired) electrons. The van der Waals surface area contributed by atoms with Crippen molar-refractivity contribution >= 4 is 17.9 Å².